The van der Waals surface area contributed by atoms with E-state index in [-0.39, 0.29) is 6.04 Å². The average Bonchev–Trinajstić information content (AvgIpc) is 2.87. The van der Waals surface area contributed by atoms with Crippen LogP contribution in [0.1, 0.15) is 11.6 Å². The van der Waals surface area contributed by atoms with Gasteiger partial charge in [0.25, 0.3) is 0 Å². The van der Waals surface area contributed by atoms with Crippen LogP contribution in [0.15, 0.2) is 29.6 Å². The molecule has 0 saturated carbocycles. The highest BCUT2D eigenvalue weighted by atomic mass is 32.1. The zero-order valence-electron chi connectivity index (χ0n) is 10.8. The van der Waals surface area contributed by atoms with Gasteiger partial charge in [-0.05, 0) is 29.4 Å². The van der Waals surface area contributed by atoms with Crippen LogP contribution in [0, 0.1) is 0 Å². The van der Waals surface area contributed by atoms with Crippen molar-refractivity contribution >= 4 is 21.4 Å². The first-order valence-corrected chi connectivity index (χ1v) is 6.95. The molecule has 1 unspecified atom stereocenters. The summed E-state index contributed by atoms with van der Waals surface area (Å²) in [6, 6.07) is 8.79. The minimum Gasteiger partial charge on any atom is -0.382 e. The number of nitrogens with one attached hydrogen (secondary N) is 1. The molecule has 3 nitrogen and oxygen atoms in total. The van der Waals surface area contributed by atoms with Crippen molar-refractivity contribution in [3.63, 3.8) is 0 Å². The van der Waals surface area contributed by atoms with E-state index >= 15 is 0 Å². The van der Waals surface area contributed by atoms with E-state index in [0.717, 1.165) is 0 Å². The van der Waals surface area contributed by atoms with Crippen molar-refractivity contribution < 1.29 is 9.47 Å². The number of likely N-dealkylation sites (N-methyl/N-ethyl adjacent to an activating group) is 1. The molecule has 0 fully saturated rings. The second kappa shape index (κ2) is 6.85. The zero-order valence-corrected chi connectivity index (χ0v) is 11.6. The van der Waals surface area contributed by atoms with Crippen LogP contribution in [0.5, 0.6) is 0 Å². The average molecular weight is 265 g/mol. The normalized spacial score (nSPS) is 13.0. The molecule has 0 radical (unpaired) electrons. The quantitative estimate of drug-likeness (QED) is 0.781. The molecule has 1 N–H and O–H groups in total. The largest absolute Gasteiger partial charge is 0.382 e. The molecule has 0 aliphatic carbocycles. The third-order valence-corrected chi connectivity index (χ3v) is 3.93. The number of methoxy groups -OCH3 is 1. The van der Waals surface area contributed by atoms with Crippen molar-refractivity contribution in [1.29, 1.82) is 0 Å². The third-order valence-electron chi connectivity index (χ3n) is 2.95. The molecule has 1 atom stereocenters. The molecule has 0 saturated heterocycles. The molecule has 98 valence electrons. The number of ether oxygens (including phenoxy) is 2. The van der Waals surface area contributed by atoms with Gasteiger partial charge in [0.1, 0.15) is 0 Å². The molecule has 0 spiro atoms. The van der Waals surface area contributed by atoms with Crippen molar-refractivity contribution in [1.82, 2.24) is 5.32 Å². The standard InChI is InChI=1S/C14H19NO2S/c1-15-13(10-17-8-7-16-2)12-5-3-4-11-6-9-18-14(11)12/h3-6,9,13,15H,7-8,10H2,1-2H3. The highest BCUT2D eigenvalue weighted by molar-refractivity contribution is 7.17. The smallest absolute Gasteiger partial charge is 0.0701 e. The van der Waals surface area contributed by atoms with Gasteiger partial charge in [0.15, 0.2) is 0 Å². The zero-order chi connectivity index (χ0) is 12.8. The molecule has 0 aliphatic heterocycles. The molecule has 0 bridgehead atoms. The van der Waals surface area contributed by atoms with Crippen molar-refractivity contribution in [2.24, 2.45) is 0 Å². The maximum atomic E-state index is 5.62. The summed E-state index contributed by atoms with van der Waals surface area (Å²) in [7, 11) is 3.65. The predicted octanol–water partition coefficient (Wildman–Crippen LogP) is 2.82. The van der Waals surface area contributed by atoms with Crippen LogP contribution in [-0.2, 0) is 9.47 Å². The first-order valence-electron chi connectivity index (χ1n) is 6.07. The maximum absolute atomic E-state index is 5.62. The minimum atomic E-state index is 0.226. The van der Waals surface area contributed by atoms with Crippen LogP contribution in [0.4, 0.5) is 0 Å². The maximum Gasteiger partial charge on any atom is 0.0701 e. The van der Waals surface area contributed by atoms with Gasteiger partial charge in [-0.15, -0.1) is 11.3 Å². The SMILES string of the molecule is CNC(COCCOC)c1cccc2ccsc12. The summed E-state index contributed by atoms with van der Waals surface area (Å²) in [4.78, 5) is 0. The summed E-state index contributed by atoms with van der Waals surface area (Å²) >= 11 is 1.78. The number of hydrogen-bond acceptors (Lipinski definition) is 4. The topological polar surface area (TPSA) is 30.5 Å². The highest BCUT2D eigenvalue weighted by Crippen LogP contribution is 2.28. The lowest BCUT2D eigenvalue weighted by molar-refractivity contribution is 0.0598. The number of fused-ring (bicyclic) bond motifs is 1. The fourth-order valence-electron chi connectivity index (χ4n) is 1.96. The van der Waals surface area contributed by atoms with E-state index in [4.69, 9.17) is 9.47 Å². The molecule has 2 rings (SSSR count). The number of hydrogen-bond donors (Lipinski definition) is 1. The molecule has 4 heteroatoms. The Morgan fingerprint density at radius 2 is 2.17 bits per heavy atom. The van der Waals surface area contributed by atoms with Gasteiger partial charge >= 0.3 is 0 Å². The second-order valence-corrected chi connectivity index (χ2v) is 5.01. The van der Waals surface area contributed by atoms with Gasteiger partial charge in [-0.3, -0.25) is 0 Å². The summed E-state index contributed by atoms with van der Waals surface area (Å²) in [5.74, 6) is 0. The molecule has 1 aromatic carbocycles. The molecular weight excluding hydrogens is 246 g/mol. The van der Waals surface area contributed by atoms with Crippen molar-refractivity contribution in [2.45, 2.75) is 6.04 Å². The van der Waals surface area contributed by atoms with E-state index in [0.29, 0.717) is 19.8 Å². The van der Waals surface area contributed by atoms with Gasteiger partial charge < -0.3 is 14.8 Å². The Hall–Kier alpha value is -0.940. The first-order chi connectivity index (χ1) is 8.86. The molecule has 18 heavy (non-hydrogen) atoms. The van der Waals surface area contributed by atoms with Crippen LogP contribution in [0.25, 0.3) is 10.1 Å². The van der Waals surface area contributed by atoms with Crippen molar-refractivity contribution in [2.75, 3.05) is 34.0 Å². The summed E-state index contributed by atoms with van der Waals surface area (Å²) in [5, 5.41) is 6.75. The Morgan fingerprint density at radius 3 is 2.94 bits per heavy atom. The Bertz CT molecular complexity index is 483. The first kappa shape index (κ1) is 13.5. The molecular formula is C14H19NO2S. The summed E-state index contributed by atoms with van der Waals surface area (Å²) < 4.78 is 11.9. The molecule has 0 aliphatic rings. The fourth-order valence-corrected chi connectivity index (χ4v) is 2.93. The van der Waals surface area contributed by atoms with Crippen molar-refractivity contribution in [3.8, 4) is 0 Å². The van der Waals surface area contributed by atoms with Crippen LogP contribution < -0.4 is 5.32 Å². The molecule has 2 aromatic rings. The van der Waals surface area contributed by atoms with E-state index in [1.54, 1.807) is 18.4 Å². The number of rotatable bonds is 7. The van der Waals surface area contributed by atoms with E-state index in [1.165, 1.54) is 15.6 Å². The van der Waals surface area contributed by atoms with Crippen LogP contribution >= 0.6 is 11.3 Å². The second-order valence-electron chi connectivity index (χ2n) is 4.10. The van der Waals surface area contributed by atoms with Gasteiger partial charge in [0.05, 0.1) is 25.9 Å². The molecule has 0 amide bonds. The van der Waals surface area contributed by atoms with Crippen LogP contribution in [-0.4, -0.2) is 34.0 Å². The molecule has 1 aromatic heterocycles. The van der Waals surface area contributed by atoms with Crippen LogP contribution in [0.2, 0.25) is 0 Å². The summed E-state index contributed by atoms with van der Waals surface area (Å²) in [5.41, 5.74) is 1.31. The third kappa shape index (κ3) is 3.09. The lowest BCUT2D eigenvalue weighted by atomic mass is 10.1. The number of thiophene rings is 1. The predicted molar refractivity (Wildman–Crippen MR) is 76.3 cm³/mol. The monoisotopic (exact) mass is 265 g/mol. The molecule has 1 heterocycles. The van der Waals surface area contributed by atoms with E-state index in [2.05, 4.69) is 35.0 Å². The summed E-state index contributed by atoms with van der Waals surface area (Å²) in [6.07, 6.45) is 0. The van der Waals surface area contributed by atoms with E-state index in [9.17, 15) is 0 Å². The number of benzene rings is 1. The van der Waals surface area contributed by atoms with Gasteiger partial charge in [0, 0.05) is 11.8 Å². The minimum absolute atomic E-state index is 0.226. The fraction of sp³-hybridized carbons (Fsp3) is 0.429. The van der Waals surface area contributed by atoms with E-state index < -0.39 is 0 Å². The van der Waals surface area contributed by atoms with Gasteiger partial charge in [0.2, 0.25) is 0 Å². The van der Waals surface area contributed by atoms with Crippen LogP contribution in [0.3, 0.4) is 0 Å². The lowest BCUT2D eigenvalue weighted by Gasteiger charge is -2.17. The Balaban J connectivity index is 2.09. The lowest BCUT2D eigenvalue weighted by Crippen LogP contribution is -2.22. The van der Waals surface area contributed by atoms with Gasteiger partial charge in [-0.2, -0.15) is 0 Å². The summed E-state index contributed by atoms with van der Waals surface area (Å²) in [6.45, 7) is 1.94. The van der Waals surface area contributed by atoms with Gasteiger partial charge in [-0.1, -0.05) is 18.2 Å². The Labute approximate surface area is 112 Å². The highest BCUT2D eigenvalue weighted by Gasteiger charge is 2.13. The van der Waals surface area contributed by atoms with Crippen molar-refractivity contribution in [3.05, 3.63) is 35.2 Å². The Morgan fingerprint density at radius 1 is 1.28 bits per heavy atom. The van der Waals surface area contributed by atoms with Gasteiger partial charge in [-0.25, -0.2) is 0 Å². The Kier molecular flexibility index (Phi) is 5.13. The van der Waals surface area contributed by atoms with E-state index in [1.807, 2.05) is 7.05 Å².